The molecule has 1 aliphatic rings. The zero-order chi connectivity index (χ0) is 7.84. The number of pyridine rings is 1. The molecule has 0 aliphatic carbocycles. The van der Waals surface area contributed by atoms with Gasteiger partial charge in [-0.05, 0) is 12.5 Å². The molecule has 0 saturated heterocycles. The van der Waals surface area contributed by atoms with E-state index in [0.717, 1.165) is 17.5 Å². The summed E-state index contributed by atoms with van der Waals surface area (Å²) in [5.74, 6) is 0.662. The van der Waals surface area contributed by atoms with Crippen molar-refractivity contribution >= 4 is 0 Å². The number of H-pyrrole nitrogens is 1. The second kappa shape index (κ2) is 2.12. The summed E-state index contributed by atoms with van der Waals surface area (Å²) in [7, 11) is 0. The first-order valence-electron chi connectivity index (χ1n) is 3.63. The molecule has 1 aliphatic heterocycles. The van der Waals surface area contributed by atoms with E-state index in [4.69, 9.17) is 4.74 Å². The van der Waals surface area contributed by atoms with Gasteiger partial charge in [0.25, 0.3) is 5.56 Å². The monoisotopic (exact) mass is 151 g/mol. The van der Waals surface area contributed by atoms with E-state index in [1.165, 1.54) is 0 Å². The number of nitrogens with one attached hydrogen (secondary N) is 1. The lowest BCUT2D eigenvalue weighted by Gasteiger charge is -1.99. The van der Waals surface area contributed by atoms with E-state index in [1.54, 1.807) is 6.07 Å². The van der Waals surface area contributed by atoms with Gasteiger partial charge in [0.2, 0.25) is 0 Å². The Morgan fingerprint density at radius 3 is 3.27 bits per heavy atom. The summed E-state index contributed by atoms with van der Waals surface area (Å²) < 4.78 is 5.20. The first-order chi connectivity index (χ1) is 5.27. The summed E-state index contributed by atoms with van der Waals surface area (Å²) in [5, 5.41) is 0. The molecule has 58 valence electrons. The Balaban J connectivity index is 2.70. The molecule has 0 unspecified atom stereocenters. The van der Waals surface area contributed by atoms with Gasteiger partial charge in [-0.3, -0.25) is 9.78 Å². The topological polar surface area (TPSA) is 42.1 Å². The van der Waals surface area contributed by atoms with Crippen LogP contribution in [0.3, 0.4) is 0 Å². The standard InChI is InChI=1S/C8H9NO2/c1-5-4-7(10)9-8-6(5)2-3-11-8/h4H,2-3H2,1H3,(H,9,10). The Morgan fingerprint density at radius 1 is 1.64 bits per heavy atom. The normalized spacial score (nSPS) is 14.3. The van der Waals surface area contributed by atoms with Crippen molar-refractivity contribution < 1.29 is 4.74 Å². The summed E-state index contributed by atoms with van der Waals surface area (Å²) in [5.41, 5.74) is 2.09. The zero-order valence-corrected chi connectivity index (χ0v) is 6.31. The molecule has 0 fully saturated rings. The summed E-state index contributed by atoms with van der Waals surface area (Å²) in [6.45, 7) is 2.62. The molecule has 3 heteroatoms. The third-order valence-corrected chi connectivity index (χ3v) is 1.93. The van der Waals surface area contributed by atoms with Crippen molar-refractivity contribution in [2.45, 2.75) is 13.3 Å². The van der Waals surface area contributed by atoms with Gasteiger partial charge >= 0.3 is 0 Å². The maximum Gasteiger partial charge on any atom is 0.250 e. The van der Waals surface area contributed by atoms with Crippen LogP contribution in [0.15, 0.2) is 10.9 Å². The van der Waals surface area contributed by atoms with E-state index in [1.807, 2.05) is 6.92 Å². The van der Waals surface area contributed by atoms with Crippen LogP contribution in [0.2, 0.25) is 0 Å². The largest absolute Gasteiger partial charge is 0.478 e. The quantitative estimate of drug-likeness (QED) is 0.590. The third kappa shape index (κ3) is 0.926. The fraction of sp³-hybridized carbons (Fsp3) is 0.375. The predicted octanol–water partition coefficient (Wildman–Crippen LogP) is 0.618. The molecule has 0 spiro atoms. The Kier molecular flexibility index (Phi) is 1.24. The number of aromatic amines is 1. The van der Waals surface area contributed by atoms with E-state index in [2.05, 4.69) is 4.98 Å². The number of rotatable bonds is 0. The van der Waals surface area contributed by atoms with Gasteiger partial charge < -0.3 is 4.74 Å². The summed E-state index contributed by atoms with van der Waals surface area (Å²) in [6, 6.07) is 1.60. The van der Waals surface area contributed by atoms with Gasteiger partial charge in [-0.1, -0.05) is 0 Å². The van der Waals surface area contributed by atoms with Crippen LogP contribution in [0.5, 0.6) is 5.88 Å². The minimum absolute atomic E-state index is 0.0804. The zero-order valence-electron chi connectivity index (χ0n) is 6.31. The van der Waals surface area contributed by atoms with E-state index < -0.39 is 0 Å². The van der Waals surface area contributed by atoms with Crippen molar-refractivity contribution in [1.82, 2.24) is 4.98 Å². The highest BCUT2D eigenvalue weighted by atomic mass is 16.5. The van der Waals surface area contributed by atoms with Crippen molar-refractivity contribution in [3.05, 3.63) is 27.5 Å². The number of hydrogen-bond donors (Lipinski definition) is 1. The molecule has 2 rings (SSSR count). The maximum absolute atomic E-state index is 10.9. The van der Waals surface area contributed by atoms with Crippen LogP contribution in [0.1, 0.15) is 11.1 Å². The lowest BCUT2D eigenvalue weighted by Crippen LogP contribution is -2.06. The maximum atomic E-state index is 10.9. The van der Waals surface area contributed by atoms with Crippen LogP contribution >= 0.6 is 0 Å². The Hall–Kier alpha value is -1.25. The molecule has 11 heavy (non-hydrogen) atoms. The fourth-order valence-electron chi connectivity index (χ4n) is 1.38. The van der Waals surface area contributed by atoms with E-state index in [0.29, 0.717) is 12.5 Å². The van der Waals surface area contributed by atoms with Gasteiger partial charge in [-0.15, -0.1) is 0 Å². The lowest BCUT2D eigenvalue weighted by molar-refractivity contribution is 0.344. The van der Waals surface area contributed by atoms with Gasteiger partial charge in [-0.2, -0.15) is 0 Å². The molecule has 1 aromatic rings. The molecule has 3 nitrogen and oxygen atoms in total. The fourth-order valence-corrected chi connectivity index (χ4v) is 1.38. The molecule has 0 aromatic carbocycles. The number of fused-ring (bicyclic) bond motifs is 1. The van der Waals surface area contributed by atoms with Gasteiger partial charge in [0.1, 0.15) is 0 Å². The second-order valence-electron chi connectivity index (χ2n) is 2.72. The minimum atomic E-state index is -0.0804. The van der Waals surface area contributed by atoms with E-state index >= 15 is 0 Å². The average molecular weight is 151 g/mol. The number of ether oxygens (including phenoxy) is 1. The molecule has 1 N–H and O–H groups in total. The van der Waals surface area contributed by atoms with Crippen LogP contribution in [0.25, 0.3) is 0 Å². The minimum Gasteiger partial charge on any atom is -0.478 e. The van der Waals surface area contributed by atoms with Crippen molar-refractivity contribution in [3.8, 4) is 5.88 Å². The first-order valence-corrected chi connectivity index (χ1v) is 3.63. The van der Waals surface area contributed by atoms with Crippen molar-refractivity contribution in [2.75, 3.05) is 6.61 Å². The molecule has 0 atom stereocenters. The first kappa shape index (κ1) is 6.46. The Morgan fingerprint density at radius 2 is 2.45 bits per heavy atom. The Labute approximate surface area is 64.0 Å². The van der Waals surface area contributed by atoms with Crippen LogP contribution in [0, 0.1) is 6.92 Å². The molecule has 1 aromatic heterocycles. The second-order valence-corrected chi connectivity index (χ2v) is 2.72. The van der Waals surface area contributed by atoms with Crippen molar-refractivity contribution in [2.24, 2.45) is 0 Å². The smallest absolute Gasteiger partial charge is 0.250 e. The van der Waals surface area contributed by atoms with Gasteiger partial charge in [-0.25, -0.2) is 0 Å². The highest BCUT2D eigenvalue weighted by molar-refractivity contribution is 5.35. The Bertz CT molecular complexity index is 340. The highest BCUT2D eigenvalue weighted by Crippen LogP contribution is 2.22. The van der Waals surface area contributed by atoms with Crippen molar-refractivity contribution in [1.29, 1.82) is 0 Å². The van der Waals surface area contributed by atoms with Gasteiger partial charge in [0.15, 0.2) is 5.88 Å². The molecule has 0 amide bonds. The molecule has 2 heterocycles. The summed E-state index contributed by atoms with van der Waals surface area (Å²) >= 11 is 0. The molecule has 0 radical (unpaired) electrons. The average Bonchev–Trinajstić information content (AvgIpc) is 2.34. The van der Waals surface area contributed by atoms with E-state index in [-0.39, 0.29) is 5.56 Å². The number of aryl methyl sites for hydroxylation is 1. The third-order valence-electron chi connectivity index (χ3n) is 1.93. The SMILES string of the molecule is Cc1cc(=O)[nH]c2c1CCO2. The molecular formula is C8H9NO2. The van der Waals surface area contributed by atoms with Gasteiger partial charge in [0, 0.05) is 18.1 Å². The highest BCUT2D eigenvalue weighted by Gasteiger charge is 2.14. The van der Waals surface area contributed by atoms with Crippen molar-refractivity contribution in [3.63, 3.8) is 0 Å². The molecule has 0 saturated carbocycles. The predicted molar refractivity (Wildman–Crippen MR) is 41.0 cm³/mol. The van der Waals surface area contributed by atoms with Crippen LogP contribution in [-0.2, 0) is 6.42 Å². The molecular weight excluding hydrogens is 142 g/mol. The van der Waals surface area contributed by atoms with Crippen LogP contribution in [-0.4, -0.2) is 11.6 Å². The van der Waals surface area contributed by atoms with E-state index in [9.17, 15) is 4.79 Å². The number of aromatic nitrogens is 1. The van der Waals surface area contributed by atoms with Gasteiger partial charge in [0.05, 0.1) is 6.61 Å². The summed E-state index contributed by atoms with van der Waals surface area (Å²) in [4.78, 5) is 13.6. The number of hydrogen-bond acceptors (Lipinski definition) is 2. The lowest BCUT2D eigenvalue weighted by atomic mass is 10.1. The van der Waals surface area contributed by atoms with Crippen LogP contribution in [0.4, 0.5) is 0 Å². The molecule has 0 bridgehead atoms. The van der Waals surface area contributed by atoms with Crippen LogP contribution < -0.4 is 10.3 Å². The summed E-state index contributed by atoms with van der Waals surface area (Å²) in [6.07, 6.45) is 0.915.